The second-order valence-electron chi connectivity index (χ2n) is 6.99. The van der Waals surface area contributed by atoms with Gasteiger partial charge in [-0.3, -0.25) is 9.59 Å². The van der Waals surface area contributed by atoms with Crippen molar-refractivity contribution in [3.8, 4) is 5.75 Å². The molecule has 1 aliphatic heterocycles. The Morgan fingerprint density at radius 3 is 2.70 bits per heavy atom. The minimum Gasteiger partial charge on any atom is -0.428 e. The van der Waals surface area contributed by atoms with Crippen LogP contribution in [0, 0.1) is 0 Å². The molecule has 170 valence electrons. The second kappa shape index (κ2) is 8.77. The Morgan fingerprint density at radius 2 is 1.91 bits per heavy atom. The Balaban J connectivity index is 1.54. The molecule has 1 aliphatic rings. The molecule has 0 fully saturated rings. The van der Waals surface area contributed by atoms with Crippen molar-refractivity contribution >= 4 is 29.0 Å². The maximum absolute atomic E-state index is 13.2. The Kier molecular flexibility index (Phi) is 5.86. The minimum absolute atomic E-state index is 0.0489. The monoisotopic (exact) mass is 460 g/mol. The Hall–Kier alpha value is -4.15. The number of nitrogens with one attached hydrogen (secondary N) is 3. The van der Waals surface area contributed by atoms with Crippen molar-refractivity contribution in [2.24, 2.45) is 0 Å². The van der Waals surface area contributed by atoms with Crippen LogP contribution in [0.15, 0.2) is 60.8 Å². The summed E-state index contributed by atoms with van der Waals surface area (Å²) in [7, 11) is 0. The molecule has 1 aromatic heterocycles. The zero-order chi connectivity index (χ0) is 23.6. The van der Waals surface area contributed by atoms with Gasteiger partial charge in [0.1, 0.15) is 11.6 Å². The van der Waals surface area contributed by atoms with Gasteiger partial charge in [-0.25, -0.2) is 4.98 Å². The fourth-order valence-corrected chi connectivity index (χ4v) is 3.22. The molecule has 2 heterocycles. The van der Waals surface area contributed by atoms with Crippen LogP contribution in [0.5, 0.6) is 5.75 Å². The van der Waals surface area contributed by atoms with Crippen molar-refractivity contribution in [3.05, 3.63) is 77.5 Å². The van der Waals surface area contributed by atoms with Gasteiger partial charge in [0.2, 0.25) is 0 Å². The van der Waals surface area contributed by atoms with Crippen molar-refractivity contribution in [1.82, 2.24) is 10.3 Å². The molecule has 0 saturated carbocycles. The Morgan fingerprint density at radius 1 is 1.12 bits per heavy atom. The van der Waals surface area contributed by atoms with E-state index in [1.54, 1.807) is 18.2 Å². The quantitative estimate of drug-likeness (QED) is 0.450. The van der Waals surface area contributed by atoms with E-state index in [0.717, 1.165) is 17.7 Å². The average molecular weight is 460 g/mol. The molecule has 0 saturated heterocycles. The van der Waals surface area contributed by atoms with E-state index in [0.29, 0.717) is 17.8 Å². The summed E-state index contributed by atoms with van der Waals surface area (Å²) in [4.78, 5) is 28.9. The summed E-state index contributed by atoms with van der Waals surface area (Å²) in [6.07, 6.45) is -7.22. The minimum atomic E-state index is -4.67. The topological polar surface area (TPSA) is 92.3 Å². The first kappa shape index (κ1) is 22.1. The van der Waals surface area contributed by atoms with Gasteiger partial charge in [-0.05, 0) is 36.4 Å². The largest absolute Gasteiger partial charge is 0.461 e. The summed E-state index contributed by atoms with van der Waals surface area (Å²) in [5.41, 5.74) is 2.00. The van der Waals surface area contributed by atoms with Gasteiger partial charge in [-0.15, -0.1) is 0 Å². The third kappa shape index (κ3) is 4.71. The van der Waals surface area contributed by atoms with Gasteiger partial charge in [0.05, 0.1) is 5.56 Å². The predicted octanol–water partition coefficient (Wildman–Crippen LogP) is 4.56. The summed E-state index contributed by atoms with van der Waals surface area (Å²) in [6.45, 7) is 0.321. The number of amides is 2. The van der Waals surface area contributed by atoms with E-state index in [1.165, 1.54) is 30.5 Å². The fraction of sp³-hybridized carbons (Fsp3) is 0.136. The normalized spacial score (nSPS) is 12.8. The maximum atomic E-state index is 13.2. The number of benzene rings is 2. The molecule has 7 nitrogen and oxygen atoms in total. The van der Waals surface area contributed by atoms with Gasteiger partial charge in [0, 0.05) is 41.3 Å². The van der Waals surface area contributed by atoms with E-state index in [4.69, 9.17) is 0 Å². The van der Waals surface area contributed by atoms with Gasteiger partial charge >= 0.3 is 12.5 Å². The van der Waals surface area contributed by atoms with Crippen molar-refractivity contribution < 1.29 is 31.9 Å². The number of carbonyl (C=O) groups is 2. The molecule has 2 aromatic carbocycles. The highest BCUT2D eigenvalue weighted by Crippen LogP contribution is 2.30. The zero-order valence-corrected chi connectivity index (χ0v) is 16.7. The third-order valence-electron chi connectivity index (χ3n) is 4.75. The summed E-state index contributed by atoms with van der Waals surface area (Å²) < 4.78 is 55.1. The molecule has 0 bridgehead atoms. The van der Waals surface area contributed by atoms with Gasteiger partial charge in [-0.1, -0.05) is 12.1 Å². The predicted molar refractivity (Wildman–Crippen MR) is 111 cm³/mol. The molecule has 33 heavy (non-hydrogen) atoms. The molecule has 3 N–H and O–H groups in total. The lowest BCUT2D eigenvalue weighted by Crippen LogP contribution is -2.33. The lowest BCUT2D eigenvalue weighted by molar-refractivity contribution is -0.253. The van der Waals surface area contributed by atoms with Crippen LogP contribution < -0.4 is 20.7 Å². The number of carbonyl (C=O) groups excluding carboxylic acids is 2. The number of fused-ring (bicyclic) bond motifs is 1. The molecular weight excluding hydrogens is 444 g/mol. The van der Waals surface area contributed by atoms with Crippen LogP contribution in [0.4, 0.5) is 34.8 Å². The number of hydrogen-bond acceptors (Lipinski definition) is 5. The van der Waals surface area contributed by atoms with Crippen molar-refractivity contribution in [1.29, 1.82) is 0 Å². The smallest absolute Gasteiger partial charge is 0.428 e. The molecule has 4 rings (SSSR count). The van der Waals surface area contributed by atoms with Crippen molar-refractivity contribution in [2.75, 3.05) is 10.6 Å². The Bertz CT molecular complexity index is 1220. The molecule has 3 aromatic rings. The highest BCUT2D eigenvalue weighted by atomic mass is 19.3. The van der Waals surface area contributed by atoms with Crippen LogP contribution in [0.3, 0.4) is 0 Å². The summed E-state index contributed by atoms with van der Waals surface area (Å²) >= 11 is 0. The van der Waals surface area contributed by atoms with Gasteiger partial charge in [0.25, 0.3) is 11.8 Å². The average Bonchev–Trinajstić information content (AvgIpc) is 3.16. The number of hydrogen-bond donors (Lipinski definition) is 3. The SMILES string of the molecule is O=C(Nc1cccc(OC(F)(F)C(F)F)c1)c1cccnc1Nc1cccc2c1CNC2=O. The molecule has 0 spiro atoms. The molecule has 0 radical (unpaired) electrons. The number of ether oxygens (including phenoxy) is 1. The fourth-order valence-electron chi connectivity index (χ4n) is 3.22. The van der Waals surface area contributed by atoms with Gasteiger partial charge in [-0.2, -0.15) is 17.6 Å². The molecule has 0 atom stereocenters. The van der Waals surface area contributed by atoms with E-state index in [1.807, 2.05) is 0 Å². The lowest BCUT2D eigenvalue weighted by Gasteiger charge is -2.17. The maximum Gasteiger partial charge on any atom is 0.461 e. The van der Waals surface area contributed by atoms with Crippen LogP contribution in [-0.2, 0) is 6.54 Å². The first-order valence-corrected chi connectivity index (χ1v) is 9.63. The Labute approximate surface area is 184 Å². The first-order valence-electron chi connectivity index (χ1n) is 9.63. The van der Waals surface area contributed by atoms with Crippen LogP contribution in [0.2, 0.25) is 0 Å². The number of aromatic nitrogens is 1. The van der Waals surface area contributed by atoms with Gasteiger partial charge < -0.3 is 20.7 Å². The lowest BCUT2D eigenvalue weighted by atomic mass is 10.1. The van der Waals surface area contributed by atoms with Crippen LogP contribution >= 0.6 is 0 Å². The van der Waals surface area contributed by atoms with E-state index in [-0.39, 0.29) is 23.0 Å². The van der Waals surface area contributed by atoms with E-state index < -0.39 is 24.2 Å². The number of nitrogens with zero attached hydrogens (tertiary/aromatic N) is 1. The van der Waals surface area contributed by atoms with Crippen molar-refractivity contribution in [3.63, 3.8) is 0 Å². The molecule has 11 heteroatoms. The van der Waals surface area contributed by atoms with E-state index in [2.05, 4.69) is 25.7 Å². The highest BCUT2D eigenvalue weighted by Gasteiger charge is 2.44. The van der Waals surface area contributed by atoms with Gasteiger partial charge in [0.15, 0.2) is 0 Å². The molecule has 0 unspecified atom stereocenters. The summed E-state index contributed by atoms with van der Waals surface area (Å²) in [6, 6.07) is 12.8. The highest BCUT2D eigenvalue weighted by molar-refractivity contribution is 6.08. The van der Waals surface area contributed by atoms with E-state index >= 15 is 0 Å². The first-order chi connectivity index (χ1) is 15.7. The number of halogens is 4. The standard InChI is InChI=1S/C22H16F4N4O3/c23-21(24)22(25,26)33-13-5-1-4-12(10-13)29-20(32)15-7-3-9-27-18(15)30-17-8-2-6-14-16(17)11-28-19(14)31/h1-10,21H,11H2,(H,27,30)(H,28,31)(H,29,32). The number of alkyl halides is 4. The van der Waals surface area contributed by atoms with E-state index in [9.17, 15) is 27.2 Å². The van der Waals surface area contributed by atoms with Crippen LogP contribution in [-0.4, -0.2) is 29.3 Å². The molecule has 2 amide bonds. The molecular formula is C22H16F4N4O3. The number of rotatable bonds is 7. The van der Waals surface area contributed by atoms with Crippen LogP contribution in [0.25, 0.3) is 0 Å². The van der Waals surface area contributed by atoms with Crippen LogP contribution in [0.1, 0.15) is 26.3 Å². The molecule has 0 aliphatic carbocycles. The second-order valence-corrected chi connectivity index (χ2v) is 6.99. The third-order valence-corrected chi connectivity index (χ3v) is 4.75. The van der Waals surface area contributed by atoms with Crippen molar-refractivity contribution in [2.45, 2.75) is 19.1 Å². The zero-order valence-electron chi connectivity index (χ0n) is 16.7. The number of pyridine rings is 1. The summed E-state index contributed by atoms with van der Waals surface area (Å²) in [5, 5.41) is 8.26. The summed E-state index contributed by atoms with van der Waals surface area (Å²) in [5.74, 6) is -1.18. The number of anilines is 3.